The van der Waals surface area contributed by atoms with Crippen LogP contribution in [0.2, 0.25) is 0 Å². The highest BCUT2D eigenvalue weighted by Crippen LogP contribution is 2.31. The molecule has 9 nitrogen and oxygen atoms in total. The average molecular weight is 516 g/mol. The van der Waals surface area contributed by atoms with Gasteiger partial charge < -0.3 is 25.3 Å². The topological polar surface area (TPSA) is 98.4 Å². The van der Waals surface area contributed by atoms with Crippen LogP contribution in [0.1, 0.15) is 6.42 Å². The van der Waals surface area contributed by atoms with E-state index >= 15 is 0 Å². The second-order valence-electron chi connectivity index (χ2n) is 9.13. The molecular formula is C28H30FN7O2. The van der Waals surface area contributed by atoms with Gasteiger partial charge >= 0.3 is 0 Å². The molecule has 0 aliphatic carbocycles. The SMILES string of the molecule is C=CC(=O)Nc1cccc(Oc2nc(Nc3ccc(N(C)C4CCN(CCF)C4)cc3)nc3[nH]ccc23)c1. The van der Waals surface area contributed by atoms with E-state index in [0.717, 1.165) is 36.3 Å². The van der Waals surface area contributed by atoms with E-state index in [9.17, 15) is 9.18 Å². The van der Waals surface area contributed by atoms with E-state index in [2.05, 4.69) is 49.0 Å². The number of fused-ring (bicyclic) bond motifs is 1. The number of H-pyrrole nitrogens is 1. The van der Waals surface area contributed by atoms with Gasteiger partial charge in [0, 0.05) is 62.0 Å². The summed E-state index contributed by atoms with van der Waals surface area (Å²) in [5.74, 6) is 0.970. The van der Waals surface area contributed by atoms with E-state index in [1.165, 1.54) is 6.08 Å². The minimum absolute atomic E-state index is 0.303. The fourth-order valence-corrected chi connectivity index (χ4v) is 4.56. The fourth-order valence-electron chi connectivity index (χ4n) is 4.56. The number of likely N-dealkylation sites (N-methyl/N-ethyl adjacent to an activating group) is 1. The van der Waals surface area contributed by atoms with Crippen LogP contribution in [0.5, 0.6) is 11.6 Å². The van der Waals surface area contributed by atoms with Crippen molar-refractivity contribution in [2.45, 2.75) is 12.5 Å². The zero-order chi connectivity index (χ0) is 26.5. The first-order valence-electron chi connectivity index (χ1n) is 12.5. The first-order chi connectivity index (χ1) is 18.5. The third-order valence-electron chi connectivity index (χ3n) is 6.61. The van der Waals surface area contributed by atoms with Crippen molar-refractivity contribution in [3.05, 3.63) is 73.4 Å². The Morgan fingerprint density at radius 3 is 2.87 bits per heavy atom. The Labute approximate surface area is 220 Å². The van der Waals surface area contributed by atoms with Gasteiger partial charge in [0.1, 0.15) is 18.1 Å². The molecule has 1 saturated heterocycles. The predicted molar refractivity (Wildman–Crippen MR) is 148 cm³/mol. The summed E-state index contributed by atoms with van der Waals surface area (Å²) < 4.78 is 18.8. The average Bonchev–Trinajstić information content (AvgIpc) is 3.59. The van der Waals surface area contributed by atoms with Crippen LogP contribution in [0.4, 0.5) is 27.4 Å². The van der Waals surface area contributed by atoms with Crippen LogP contribution in [0.3, 0.4) is 0 Å². The van der Waals surface area contributed by atoms with Gasteiger partial charge in [-0.25, -0.2) is 4.39 Å². The number of aromatic amines is 1. The van der Waals surface area contributed by atoms with Crippen molar-refractivity contribution in [1.82, 2.24) is 19.9 Å². The Morgan fingerprint density at radius 2 is 2.08 bits per heavy atom. The molecule has 0 bridgehead atoms. The van der Waals surface area contributed by atoms with Crippen LogP contribution in [-0.4, -0.2) is 65.2 Å². The van der Waals surface area contributed by atoms with E-state index in [4.69, 9.17) is 4.74 Å². The second-order valence-corrected chi connectivity index (χ2v) is 9.13. The fraction of sp³-hybridized carbons (Fsp3) is 0.250. The lowest BCUT2D eigenvalue weighted by atomic mass is 10.2. The van der Waals surface area contributed by atoms with Gasteiger partial charge in [-0.2, -0.15) is 9.97 Å². The summed E-state index contributed by atoms with van der Waals surface area (Å²) in [6.45, 7) is 5.47. The number of aromatic nitrogens is 3. The van der Waals surface area contributed by atoms with Crippen molar-refractivity contribution in [3.63, 3.8) is 0 Å². The largest absolute Gasteiger partial charge is 0.438 e. The summed E-state index contributed by atoms with van der Waals surface area (Å²) in [4.78, 5) is 28.4. The number of likely N-dealkylation sites (tertiary alicyclic amines) is 1. The van der Waals surface area contributed by atoms with Gasteiger partial charge in [-0.05, 0) is 55.0 Å². The number of amides is 1. The van der Waals surface area contributed by atoms with Gasteiger partial charge in [0.25, 0.3) is 0 Å². The Kier molecular flexibility index (Phi) is 7.50. The van der Waals surface area contributed by atoms with Crippen molar-refractivity contribution in [1.29, 1.82) is 0 Å². The van der Waals surface area contributed by atoms with Gasteiger partial charge in [-0.3, -0.25) is 9.69 Å². The molecule has 3 N–H and O–H groups in total. The second kappa shape index (κ2) is 11.3. The molecule has 38 heavy (non-hydrogen) atoms. The molecule has 5 rings (SSSR count). The van der Waals surface area contributed by atoms with Gasteiger partial charge in [-0.15, -0.1) is 0 Å². The Balaban J connectivity index is 1.31. The number of carbonyl (C=O) groups is 1. The highest BCUT2D eigenvalue weighted by atomic mass is 19.1. The maximum atomic E-state index is 12.7. The number of alkyl halides is 1. The number of halogens is 1. The lowest BCUT2D eigenvalue weighted by Crippen LogP contribution is -2.35. The zero-order valence-corrected chi connectivity index (χ0v) is 21.2. The van der Waals surface area contributed by atoms with Crippen LogP contribution >= 0.6 is 0 Å². The molecule has 1 aliphatic rings. The molecule has 0 saturated carbocycles. The summed E-state index contributed by atoms with van der Waals surface area (Å²) in [5, 5.41) is 6.71. The first-order valence-corrected chi connectivity index (χ1v) is 12.5. The van der Waals surface area contributed by atoms with Gasteiger partial charge in [-0.1, -0.05) is 12.6 Å². The summed E-state index contributed by atoms with van der Waals surface area (Å²) in [5.41, 5.74) is 3.14. The molecule has 196 valence electrons. The van der Waals surface area contributed by atoms with Crippen molar-refractivity contribution in [3.8, 4) is 11.6 Å². The quantitative estimate of drug-likeness (QED) is 0.253. The monoisotopic (exact) mass is 515 g/mol. The van der Waals surface area contributed by atoms with Crippen molar-refractivity contribution < 1.29 is 13.9 Å². The molecule has 1 aliphatic heterocycles. The van der Waals surface area contributed by atoms with Crippen molar-refractivity contribution in [2.24, 2.45) is 0 Å². The molecule has 4 aromatic rings. The highest BCUT2D eigenvalue weighted by molar-refractivity contribution is 5.99. The van der Waals surface area contributed by atoms with Crippen LogP contribution in [-0.2, 0) is 4.79 Å². The van der Waals surface area contributed by atoms with E-state index in [-0.39, 0.29) is 12.6 Å². The third-order valence-corrected chi connectivity index (χ3v) is 6.61. The normalized spacial score (nSPS) is 15.4. The maximum Gasteiger partial charge on any atom is 0.247 e. The lowest BCUT2D eigenvalue weighted by Gasteiger charge is -2.27. The molecule has 1 atom stereocenters. The molecule has 10 heteroatoms. The lowest BCUT2D eigenvalue weighted by molar-refractivity contribution is -0.111. The van der Waals surface area contributed by atoms with E-state index in [0.29, 0.717) is 41.5 Å². The van der Waals surface area contributed by atoms with Gasteiger partial charge in [0.05, 0.1) is 5.39 Å². The van der Waals surface area contributed by atoms with Crippen LogP contribution in [0.25, 0.3) is 11.0 Å². The number of nitrogens with one attached hydrogen (secondary N) is 3. The standard InChI is InChI=1S/C28H30FN7O2/c1-3-25(37)31-20-5-4-6-23(17-20)38-27-24-11-14-30-26(24)33-28(34-27)32-19-7-9-21(10-8-19)35(2)22-12-15-36(18-22)16-13-29/h3-11,14,17,22H,1,12-13,15-16,18H2,2H3,(H,31,37)(H2,30,32,33,34). The minimum Gasteiger partial charge on any atom is -0.438 e. The molecule has 2 aromatic heterocycles. The highest BCUT2D eigenvalue weighted by Gasteiger charge is 2.25. The number of rotatable bonds is 10. The Morgan fingerprint density at radius 1 is 1.24 bits per heavy atom. The first kappa shape index (κ1) is 25.2. The molecule has 1 unspecified atom stereocenters. The molecule has 1 fully saturated rings. The number of hydrogen-bond acceptors (Lipinski definition) is 7. The van der Waals surface area contributed by atoms with Crippen molar-refractivity contribution >= 4 is 40.0 Å². The third kappa shape index (κ3) is 5.76. The van der Waals surface area contributed by atoms with Gasteiger partial charge in [0.15, 0.2) is 0 Å². The number of anilines is 4. The summed E-state index contributed by atoms with van der Waals surface area (Å²) >= 11 is 0. The minimum atomic E-state index is -0.305. The molecule has 0 radical (unpaired) electrons. The van der Waals surface area contributed by atoms with Crippen LogP contribution in [0, 0.1) is 0 Å². The molecule has 3 heterocycles. The number of nitrogens with zero attached hydrogens (tertiary/aromatic N) is 4. The maximum absolute atomic E-state index is 12.7. The Bertz CT molecular complexity index is 1420. The van der Waals surface area contributed by atoms with E-state index in [1.807, 2.05) is 30.3 Å². The summed E-state index contributed by atoms with van der Waals surface area (Å²) in [7, 11) is 2.08. The van der Waals surface area contributed by atoms with Crippen molar-refractivity contribution in [2.75, 3.05) is 48.9 Å². The molecule has 2 aromatic carbocycles. The number of ether oxygens (including phenoxy) is 1. The van der Waals surface area contributed by atoms with E-state index < -0.39 is 0 Å². The predicted octanol–water partition coefficient (Wildman–Crippen LogP) is 5.10. The van der Waals surface area contributed by atoms with Crippen LogP contribution in [0.15, 0.2) is 73.4 Å². The number of benzene rings is 2. The summed E-state index contributed by atoms with van der Waals surface area (Å²) in [6, 6.07) is 17.3. The summed E-state index contributed by atoms with van der Waals surface area (Å²) in [6.07, 6.45) is 4.01. The van der Waals surface area contributed by atoms with E-state index in [1.54, 1.807) is 30.5 Å². The Hall–Kier alpha value is -4.44. The zero-order valence-electron chi connectivity index (χ0n) is 21.2. The number of carbonyl (C=O) groups excluding carboxylic acids is 1. The molecular weight excluding hydrogens is 485 g/mol. The number of hydrogen-bond donors (Lipinski definition) is 3. The van der Waals surface area contributed by atoms with Gasteiger partial charge in [0.2, 0.25) is 17.7 Å². The molecule has 0 spiro atoms. The molecule has 1 amide bonds. The van der Waals surface area contributed by atoms with Crippen LogP contribution < -0.4 is 20.3 Å². The smallest absolute Gasteiger partial charge is 0.247 e.